The van der Waals surface area contributed by atoms with Gasteiger partial charge in [0.15, 0.2) is 0 Å². The first-order valence-electron chi connectivity index (χ1n) is 7.75. The molecule has 118 valence electrons. The van der Waals surface area contributed by atoms with E-state index < -0.39 is 17.9 Å². The molecule has 6 nitrogen and oxygen atoms in total. The molecule has 0 aliphatic heterocycles. The van der Waals surface area contributed by atoms with E-state index in [9.17, 15) is 14.4 Å². The molecule has 3 amide bonds. The number of carboxylic acids is 1. The summed E-state index contributed by atoms with van der Waals surface area (Å²) < 4.78 is 0. The second kappa shape index (κ2) is 6.91. The molecule has 2 aliphatic carbocycles. The van der Waals surface area contributed by atoms with Crippen LogP contribution in [-0.4, -0.2) is 29.6 Å². The first kappa shape index (κ1) is 15.8. The van der Waals surface area contributed by atoms with Crippen LogP contribution in [0.2, 0.25) is 0 Å². The lowest BCUT2D eigenvalue weighted by Gasteiger charge is -2.16. The molecule has 0 aromatic carbocycles. The molecule has 0 heterocycles. The summed E-state index contributed by atoms with van der Waals surface area (Å²) in [6, 6.07) is -0.464. The molecule has 2 aliphatic rings. The van der Waals surface area contributed by atoms with E-state index in [4.69, 9.17) is 5.11 Å². The number of carboxylic acid groups (broad SMARTS) is 1. The van der Waals surface area contributed by atoms with E-state index in [0.717, 1.165) is 11.8 Å². The third kappa shape index (κ3) is 5.73. The van der Waals surface area contributed by atoms with Crippen LogP contribution in [0.25, 0.3) is 0 Å². The number of rotatable bonds is 8. The van der Waals surface area contributed by atoms with Gasteiger partial charge >= 0.3 is 12.0 Å². The van der Waals surface area contributed by atoms with Gasteiger partial charge in [-0.3, -0.25) is 14.9 Å². The molecule has 0 spiro atoms. The standard InChI is InChI=1S/C15H24N2O4/c1-9(7-14(19)20)6-13(18)17-15(21)16-8-12(10-2-3-10)11-4-5-11/h9-12H,2-8H2,1H3,(H,19,20)(H2,16,17,18,21). The summed E-state index contributed by atoms with van der Waals surface area (Å²) in [4.78, 5) is 33.8. The fraction of sp³-hybridized carbons (Fsp3) is 0.800. The summed E-state index contributed by atoms with van der Waals surface area (Å²) in [5, 5.41) is 13.7. The van der Waals surface area contributed by atoms with Crippen LogP contribution in [0.3, 0.4) is 0 Å². The molecule has 3 N–H and O–H groups in total. The number of carbonyl (C=O) groups is 3. The van der Waals surface area contributed by atoms with Crippen LogP contribution in [0.5, 0.6) is 0 Å². The van der Waals surface area contributed by atoms with Gasteiger partial charge in [0.1, 0.15) is 0 Å². The van der Waals surface area contributed by atoms with Gasteiger partial charge in [-0.1, -0.05) is 6.92 Å². The fourth-order valence-corrected chi connectivity index (χ4v) is 2.89. The number of hydrogen-bond acceptors (Lipinski definition) is 3. The summed E-state index contributed by atoms with van der Waals surface area (Å²) in [6.07, 6.45) is 5.02. The number of carbonyl (C=O) groups excluding carboxylic acids is 2. The minimum atomic E-state index is -0.934. The number of amides is 3. The third-order valence-corrected chi connectivity index (χ3v) is 4.26. The van der Waals surface area contributed by atoms with Crippen molar-refractivity contribution >= 4 is 17.9 Å². The van der Waals surface area contributed by atoms with Crippen molar-refractivity contribution in [3.05, 3.63) is 0 Å². The molecule has 1 atom stereocenters. The summed E-state index contributed by atoms with van der Waals surface area (Å²) in [7, 11) is 0. The summed E-state index contributed by atoms with van der Waals surface area (Å²) in [5.41, 5.74) is 0. The lowest BCUT2D eigenvalue weighted by Crippen LogP contribution is -2.42. The van der Waals surface area contributed by atoms with Crippen molar-refractivity contribution in [3.8, 4) is 0 Å². The number of imide groups is 1. The smallest absolute Gasteiger partial charge is 0.321 e. The molecule has 1 unspecified atom stereocenters. The Bertz CT molecular complexity index is 404. The Labute approximate surface area is 124 Å². The van der Waals surface area contributed by atoms with E-state index in [0.29, 0.717) is 12.5 Å². The summed E-state index contributed by atoms with van der Waals surface area (Å²) in [6.45, 7) is 2.32. The van der Waals surface area contributed by atoms with Gasteiger partial charge in [-0.2, -0.15) is 0 Å². The molecule has 0 bridgehead atoms. The van der Waals surface area contributed by atoms with E-state index >= 15 is 0 Å². The van der Waals surface area contributed by atoms with E-state index in [1.165, 1.54) is 25.7 Å². The van der Waals surface area contributed by atoms with Crippen LogP contribution in [0.1, 0.15) is 45.4 Å². The number of urea groups is 1. The van der Waals surface area contributed by atoms with Gasteiger partial charge in [-0.15, -0.1) is 0 Å². The molecule has 2 fully saturated rings. The van der Waals surface area contributed by atoms with Crippen molar-refractivity contribution in [3.63, 3.8) is 0 Å². The van der Waals surface area contributed by atoms with Gasteiger partial charge in [-0.25, -0.2) is 4.79 Å². The SMILES string of the molecule is CC(CC(=O)O)CC(=O)NC(=O)NCC(C1CC1)C1CC1. The van der Waals surface area contributed by atoms with Crippen molar-refractivity contribution in [2.24, 2.45) is 23.7 Å². The van der Waals surface area contributed by atoms with Crippen molar-refractivity contribution in [2.75, 3.05) is 6.54 Å². The van der Waals surface area contributed by atoms with Crippen LogP contribution in [0, 0.1) is 23.7 Å². The van der Waals surface area contributed by atoms with Gasteiger partial charge in [-0.05, 0) is 49.4 Å². The average molecular weight is 296 g/mol. The predicted octanol–water partition coefficient (Wildman–Crippen LogP) is 1.75. The Morgan fingerprint density at radius 1 is 1.10 bits per heavy atom. The Morgan fingerprint density at radius 3 is 2.14 bits per heavy atom. The highest BCUT2D eigenvalue weighted by Gasteiger charge is 2.41. The Kier molecular flexibility index (Phi) is 5.20. The van der Waals surface area contributed by atoms with Gasteiger partial charge in [0.2, 0.25) is 5.91 Å². The van der Waals surface area contributed by atoms with E-state index in [1.807, 2.05) is 0 Å². The van der Waals surface area contributed by atoms with Crippen molar-refractivity contribution in [2.45, 2.75) is 45.4 Å². The maximum atomic E-state index is 11.7. The molecule has 0 aromatic heterocycles. The largest absolute Gasteiger partial charge is 0.481 e. The zero-order chi connectivity index (χ0) is 15.4. The van der Waals surface area contributed by atoms with Gasteiger partial charge < -0.3 is 10.4 Å². The molecule has 0 saturated heterocycles. The first-order valence-corrected chi connectivity index (χ1v) is 7.75. The lowest BCUT2D eigenvalue weighted by atomic mass is 9.98. The summed E-state index contributed by atoms with van der Waals surface area (Å²) >= 11 is 0. The number of aliphatic carboxylic acids is 1. The van der Waals surface area contributed by atoms with Crippen LogP contribution in [0.15, 0.2) is 0 Å². The second-order valence-corrected chi connectivity index (χ2v) is 6.50. The van der Waals surface area contributed by atoms with Crippen molar-refractivity contribution in [1.29, 1.82) is 0 Å². The minimum Gasteiger partial charge on any atom is -0.481 e. The predicted molar refractivity (Wildman–Crippen MR) is 76.5 cm³/mol. The highest BCUT2D eigenvalue weighted by atomic mass is 16.4. The Hall–Kier alpha value is -1.59. The van der Waals surface area contributed by atoms with Gasteiger partial charge in [0.25, 0.3) is 0 Å². The molecule has 21 heavy (non-hydrogen) atoms. The van der Waals surface area contributed by atoms with Gasteiger partial charge in [0, 0.05) is 19.4 Å². The number of hydrogen-bond donors (Lipinski definition) is 3. The molecule has 0 radical (unpaired) electrons. The minimum absolute atomic E-state index is 0.0500. The van der Waals surface area contributed by atoms with Crippen molar-refractivity contribution in [1.82, 2.24) is 10.6 Å². The highest BCUT2D eigenvalue weighted by molar-refractivity contribution is 5.94. The molecule has 2 saturated carbocycles. The van der Waals surface area contributed by atoms with Crippen molar-refractivity contribution < 1.29 is 19.5 Å². The maximum absolute atomic E-state index is 11.7. The monoisotopic (exact) mass is 296 g/mol. The Morgan fingerprint density at radius 2 is 1.67 bits per heavy atom. The zero-order valence-corrected chi connectivity index (χ0v) is 12.4. The van der Waals surface area contributed by atoms with Gasteiger partial charge in [0.05, 0.1) is 0 Å². The second-order valence-electron chi connectivity index (χ2n) is 6.50. The summed E-state index contributed by atoms with van der Waals surface area (Å²) in [5.74, 6) is 0.443. The number of nitrogens with one attached hydrogen (secondary N) is 2. The van der Waals surface area contributed by atoms with E-state index in [-0.39, 0.29) is 18.8 Å². The normalized spacial score (nSPS) is 19.1. The fourth-order valence-electron chi connectivity index (χ4n) is 2.89. The van der Waals surface area contributed by atoms with E-state index in [2.05, 4.69) is 10.6 Å². The molecule has 2 rings (SSSR count). The molecular formula is C15H24N2O4. The average Bonchev–Trinajstić information content (AvgIpc) is 3.22. The zero-order valence-electron chi connectivity index (χ0n) is 12.4. The molecule has 0 aromatic rings. The first-order chi connectivity index (χ1) is 9.95. The van der Waals surface area contributed by atoms with Crippen LogP contribution in [-0.2, 0) is 9.59 Å². The third-order valence-electron chi connectivity index (χ3n) is 4.26. The van der Waals surface area contributed by atoms with Crippen LogP contribution < -0.4 is 10.6 Å². The topological polar surface area (TPSA) is 95.5 Å². The maximum Gasteiger partial charge on any atom is 0.321 e. The van der Waals surface area contributed by atoms with Crippen LogP contribution >= 0.6 is 0 Å². The van der Waals surface area contributed by atoms with E-state index in [1.54, 1.807) is 6.92 Å². The highest BCUT2D eigenvalue weighted by Crippen LogP contribution is 2.48. The molecular weight excluding hydrogens is 272 g/mol. The quantitative estimate of drug-likeness (QED) is 0.636. The Balaban J connectivity index is 1.64. The molecule has 6 heteroatoms. The lowest BCUT2D eigenvalue weighted by molar-refractivity contribution is -0.138. The van der Waals surface area contributed by atoms with Crippen LogP contribution in [0.4, 0.5) is 4.79 Å².